The summed E-state index contributed by atoms with van der Waals surface area (Å²) in [5.41, 5.74) is 6.47. The SMILES string of the molecule is C=C(C)C(=O)NN1CCN(NC(=O)C(=C)C)CC1. The second-order valence-electron chi connectivity index (χ2n) is 4.42. The predicted molar refractivity (Wildman–Crippen MR) is 69.1 cm³/mol. The summed E-state index contributed by atoms with van der Waals surface area (Å²) in [6.45, 7) is 13.1. The molecule has 6 heteroatoms. The topological polar surface area (TPSA) is 64.7 Å². The highest BCUT2D eigenvalue weighted by molar-refractivity contribution is 5.92. The van der Waals surface area contributed by atoms with Gasteiger partial charge in [-0.25, -0.2) is 10.0 Å². The lowest BCUT2D eigenvalue weighted by Crippen LogP contribution is -2.57. The van der Waals surface area contributed by atoms with E-state index in [0.29, 0.717) is 37.3 Å². The molecule has 1 saturated heterocycles. The lowest BCUT2D eigenvalue weighted by Gasteiger charge is -2.34. The molecule has 0 aromatic heterocycles. The van der Waals surface area contributed by atoms with E-state index in [9.17, 15) is 9.59 Å². The van der Waals surface area contributed by atoms with Crippen LogP contribution in [0.5, 0.6) is 0 Å². The highest BCUT2D eigenvalue weighted by atomic mass is 16.2. The van der Waals surface area contributed by atoms with Crippen molar-refractivity contribution < 1.29 is 9.59 Å². The number of carbonyl (C=O) groups excluding carboxylic acids is 2. The lowest BCUT2D eigenvalue weighted by molar-refractivity contribution is -0.126. The number of hydrazine groups is 2. The predicted octanol–water partition coefficient (Wildman–Crippen LogP) is -0.181. The van der Waals surface area contributed by atoms with Crippen LogP contribution in [-0.2, 0) is 9.59 Å². The van der Waals surface area contributed by atoms with Crippen LogP contribution in [0.2, 0.25) is 0 Å². The number of nitrogens with zero attached hydrogens (tertiary/aromatic N) is 2. The standard InChI is InChI=1S/C12H20N4O2/c1-9(2)11(17)13-15-5-7-16(8-6-15)14-12(18)10(3)4/h1,3,5-8H2,2,4H3,(H,13,17)(H,14,18). The molecule has 1 rings (SSSR count). The Bertz CT molecular complexity index is 334. The fraction of sp³-hybridized carbons (Fsp3) is 0.500. The van der Waals surface area contributed by atoms with Crippen LogP contribution in [0.25, 0.3) is 0 Å². The molecular formula is C12H20N4O2. The molecule has 1 aliphatic rings. The number of nitrogens with one attached hydrogen (secondary N) is 2. The van der Waals surface area contributed by atoms with Crippen LogP contribution in [0.1, 0.15) is 13.8 Å². The summed E-state index contributed by atoms with van der Waals surface area (Å²) in [4.78, 5) is 22.8. The smallest absolute Gasteiger partial charge is 0.260 e. The van der Waals surface area contributed by atoms with E-state index >= 15 is 0 Å². The van der Waals surface area contributed by atoms with E-state index < -0.39 is 0 Å². The molecule has 0 atom stereocenters. The molecule has 6 nitrogen and oxygen atoms in total. The highest BCUT2D eigenvalue weighted by Gasteiger charge is 2.19. The van der Waals surface area contributed by atoms with Gasteiger partial charge in [0.15, 0.2) is 0 Å². The summed E-state index contributed by atoms with van der Waals surface area (Å²) in [7, 11) is 0. The summed E-state index contributed by atoms with van der Waals surface area (Å²) < 4.78 is 0. The fourth-order valence-corrected chi connectivity index (χ4v) is 1.41. The second-order valence-corrected chi connectivity index (χ2v) is 4.42. The second kappa shape index (κ2) is 6.32. The molecule has 1 heterocycles. The third kappa shape index (κ3) is 4.31. The minimum absolute atomic E-state index is 0.172. The van der Waals surface area contributed by atoms with Crippen molar-refractivity contribution in [3.05, 3.63) is 24.3 Å². The molecule has 18 heavy (non-hydrogen) atoms. The Hall–Kier alpha value is -1.66. The highest BCUT2D eigenvalue weighted by Crippen LogP contribution is 1.98. The first kappa shape index (κ1) is 14.4. The van der Waals surface area contributed by atoms with Crippen LogP contribution in [-0.4, -0.2) is 48.0 Å². The van der Waals surface area contributed by atoms with Crippen molar-refractivity contribution in [1.29, 1.82) is 0 Å². The lowest BCUT2D eigenvalue weighted by atomic mass is 10.3. The van der Waals surface area contributed by atoms with Crippen LogP contribution in [0.15, 0.2) is 24.3 Å². The number of rotatable bonds is 4. The van der Waals surface area contributed by atoms with Crippen LogP contribution in [0.3, 0.4) is 0 Å². The van der Waals surface area contributed by atoms with E-state index in [1.54, 1.807) is 13.8 Å². The zero-order valence-electron chi connectivity index (χ0n) is 11.0. The van der Waals surface area contributed by atoms with Crippen LogP contribution in [0, 0.1) is 0 Å². The number of hydrogen-bond donors (Lipinski definition) is 2. The normalized spacial score (nSPS) is 17.0. The largest absolute Gasteiger partial charge is 0.285 e. The summed E-state index contributed by atoms with van der Waals surface area (Å²) in [5, 5.41) is 3.64. The Labute approximate surface area is 107 Å². The van der Waals surface area contributed by atoms with Gasteiger partial charge in [-0.3, -0.25) is 20.4 Å². The molecule has 1 fully saturated rings. The molecule has 0 saturated carbocycles. The molecule has 0 aliphatic carbocycles. The summed E-state index contributed by atoms with van der Waals surface area (Å²) in [6, 6.07) is 0. The minimum Gasteiger partial charge on any atom is -0.285 e. The van der Waals surface area contributed by atoms with Gasteiger partial charge in [0.25, 0.3) is 11.8 Å². The maximum atomic E-state index is 11.4. The van der Waals surface area contributed by atoms with Gasteiger partial charge < -0.3 is 0 Å². The number of piperazine rings is 1. The zero-order valence-corrected chi connectivity index (χ0v) is 11.0. The maximum Gasteiger partial charge on any atom is 0.260 e. The van der Waals surface area contributed by atoms with Gasteiger partial charge in [-0.15, -0.1) is 0 Å². The van der Waals surface area contributed by atoms with Gasteiger partial charge >= 0.3 is 0 Å². The monoisotopic (exact) mass is 252 g/mol. The molecule has 100 valence electrons. The molecular weight excluding hydrogens is 232 g/mol. The molecule has 0 radical (unpaired) electrons. The average molecular weight is 252 g/mol. The van der Waals surface area contributed by atoms with Gasteiger partial charge in [0.2, 0.25) is 0 Å². The van der Waals surface area contributed by atoms with Gasteiger partial charge in [-0.05, 0) is 13.8 Å². The van der Waals surface area contributed by atoms with Gasteiger partial charge in [-0.2, -0.15) is 0 Å². The Balaban J connectivity index is 2.33. The third-order valence-electron chi connectivity index (χ3n) is 2.57. The van der Waals surface area contributed by atoms with Crippen molar-refractivity contribution in [1.82, 2.24) is 20.9 Å². The Kier molecular flexibility index (Phi) is 5.06. The van der Waals surface area contributed by atoms with E-state index in [2.05, 4.69) is 24.0 Å². The fourth-order valence-electron chi connectivity index (χ4n) is 1.41. The Morgan fingerprint density at radius 3 is 1.33 bits per heavy atom. The van der Waals surface area contributed by atoms with Crippen molar-refractivity contribution in [3.8, 4) is 0 Å². The van der Waals surface area contributed by atoms with E-state index in [0.717, 1.165) is 0 Å². The summed E-state index contributed by atoms with van der Waals surface area (Å²) in [6.07, 6.45) is 0. The van der Waals surface area contributed by atoms with Crippen molar-refractivity contribution in [2.75, 3.05) is 26.2 Å². The van der Waals surface area contributed by atoms with E-state index in [1.807, 2.05) is 10.0 Å². The Morgan fingerprint density at radius 1 is 0.833 bits per heavy atom. The molecule has 1 aliphatic heterocycles. The van der Waals surface area contributed by atoms with Crippen LogP contribution >= 0.6 is 0 Å². The van der Waals surface area contributed by atoms with Gasteiger partial charge in [0.1, 0.15) is 0 Å². The maximum absolute atomic E-state index is 11.4. The Morgan fingerprint density at radius 2 is 1.11 bits per heavy atom. The molecule has 0 unspecified atom stereocenters. The van der Waals surface area contributed by atoms with Crippen LogP contribution < -0.4 is 10.9 Å². The van der Waals surface area contributed by atoms with Crippen molar-refractivity contribution in [2.45, 2.75) is 13.8 Å². The van der Waals surface area contributed by atoms with Crippen molar-refractivity contribution >= 4 is 11.8 Å². The van der Waals surface area contributed by atoms with E-state index in [4.69, 9.17) is 0 Å². The molecule has 2 amide bonds. The minimum atomic E-state index is -0.172. The van der Waals surface area contributed by atoms with E-state index in [1.165, 1.54) is 0 Å². The van der Waals surface area contributed by atoms with Gasteiger partial charge in [-0.1, -0.05) is 13.2 Å². The average Bonchev–Trinajstić information content (AvgIpc) is 2.31. The third-order valence-corrected chi connectivity index (χ3v) is 2.57. The number of amides is 2. The molecule has 0 bridgehead atoms. The molecule has 0 aromatic rings. The summed E-state index contributed by atoms with van der Waals surface area (Å²) in [5.74, 6) is -0.344. The molecule has 0 spiro atoms. The van der Waals surface area contributed by atoms with E-state index in [-0.39, 0.29) is 11.8 Å². The van der Waals surface area contributed by atoms with Crippen molar-refractivity contribution in [3.63, 3.8) is 0 Å². The van der Waals surface area contributed by atoms with Gasteiger partial charge in [0, 0.05) is 37.3 Å². The van der Waals surface area contributed by atoms with Crippen LogP contribution in [0.4, 0.5) is 0 Å². The molecule has 2 N–H and O–H groups in total. The summed E-state index contributed by atoms with van der Waals surface area (Å²) >= 11 is 0. The molecule has 0 aromatic carbocycles. The first-order valence-corrected chi connectivity index (χ1v) is 5.83. The zero-order chi connectivity index (χ0) is 13.7. The first-order chi connectivity index (χ1) is 8.40. The quantitative estimate of drug-likeness (QED) is 0.681. The first-order valence-electron chi connectivity index (χ1n) is 5.83. The number of hydrogen-bond acceptors (Lipinski definition) is 4. The number of carbonyl (C=O) groups is 2. The van der Waals surface area contributed by atoms with Crippen molar-refractivity contribution in [2.24, 2.45) is 0 Å². The van der Waals surface area contributed by atoms with Gasteiger partial charge in [0.05, 0.1) is 0 Å².